The number of benzene rings is 2. The number of cyclic esters (lactones) is 4. The van der Waals surface area contributed by atoms with E-state index in [-0.39, 0.29) is 62.2 Å². The number of nitrogens with zero attached hydrogens (tertiary/aromatic N) is 6. The summed E-state index contributed by atoms with van der Waals surface area (Å²) in [6, 6.07) is 11.1. The zero-order valence-electron chi connectivity index (χ0n) is 47.1. The van der Waals surface area contributed by atoms with Crippen LogP contribution in [0.15, 0.2) is 67.0 Å². The molecule has 0 spiro atoms. The summed E-state index contributed by atoms with van der Waals surface area (Å²) in [7, 11) is 5.56. The third kappa shape index (κ3) is 17.5. The topological polar surface area (TPSA) is 230 Å². The van der Waals surface area contributed by atoms with Crippen LogP contribution in [0.3, 0.4) is 0 Å². The second kappa shape index (κ2) is 28.5. The fourth-order valence-electron chi connectivity index (χ4n) is 9.09. The number of amides is 4. The monoisotopic (exact) mass is 1060 g/mol. The average molecular weight is 1060 g/mol. The Hall–Kier alpha value is -6.63. The Morgan fingerprint density at radius 1 is 0.461 bits per heavy atom. The lowest BCUT2D eigenvalue weighted by Crippen LogP contribution is -2.55. The molecule has 1 fully saturated rings. The number of esters is 4. The fourth-order valence-corrected chi connectivity index (χ4v) is 9.09. The standard InChI is InChI=1S/C57H83N7O12/c1-34(2)24-44-54(69)73-39(10)51(66)61(12)47(27-37(7)8)57(72)76-49(29-41-20-22-42(23-21-41)32-64-33-43(30-58)31-59-64)53(68)63(14)45(25-35(3)4)55(70)74-38(9)50(65)60(11)46(26-36(5)6)56(71)75-48(52(67)62(44)13)28-40-18-16-15-17-19-40/h15-23,31,33-39,44-49H,24-30,32,58H2,1-14H3/t38-,39-,44+,45+,46+,47+,48-,49-/m1/s1. The highest BCUT2D eigenvalue weighted by atomic mass is 16.6. The summed E-state index contributed by atoms with van der Waals surface area (Å²) in [6.45, 7) is 18.3. The highest BCUT2D eigenvalue weighted by molar-refractivity contribution is 5.94. The number of hydrogen-bond acceptors (Lipinski definition) is 14. The Morgan fingerprint density at radius 3 is 1.13 bits per heavy atom. The molecule has 4 amide bonds. The van der Waals surface area contributed by atoms with Crippen LogP contribution in [0.4, 0.5) is 0 Å². The van der Waals surface area contributed by atoms with Gasteiger partial charge in [0.05, 0.1) is 12.7 Å². The summed E-state index contributed by atoms with van der Waals surface area (Å²) in [6.07, 6.45) is -2.29. The van der Waals surface area contributed by atoms with Gasteiger partial charge in [-0.25, -0.2) is 19.2 Å². The molecule has 4 rings (SSSR count). The molecule has 76 heavy (non-hydrogen) atoms. The van der Waals surface area contributed by atoms with Crippen molar-refractivity contribution in [2.24, 2.45) is 29.4 Å². The maximum atomic E-state index is 14.9. The lowest BCUT2D eigenvalue weighted by molar-refractivity contribution is -0.176. The molecule has 19 nitrogen and oxygen atoms in total. The normalized spacial score (nSPS) is 23.8. The number of carbonyl (C=O) groups excluding carboxylic acids is 8. The highest BCUT2D eigenvalue weighted by Gasteiger charge is 2.43. The number of carbonyl (C=O) groups is 8. The van der Waals surface area contributed by atoms with Crippen molar-refractivity contribution in [1.29, 1.82) is 0 Å². The summed E-state index contributed by atoms with van der Waals surface area (Å²) in [5.41, 5.74) is 8.79. The van der Waals surface area contributed by atoms with Crippen LogP contribution in [-0.4, -0.2) is 154 Å². The molecule has 8 atom stereocenters. The summed E-state index contributed by atoms with van der Waals surface area (Å²) < 4.78 is 25.7. The summed E-state index contributed by atoms with van der Waals surface area (Å²) in [4.78, 5) is 121. The van der Waals surface area contributed by atoms with Crippen molar-refractivity contribution in [2.75, 3.05) is 28.2 Å². The summed E-state index contributed by atoms with van der Waals surface area (Å²) >= 11 is 0. The third-order valence-electron chi connectivity index (χ3n) is 13.5. The van der Waals surface area contributed by atoms with Crippen LogP contribution in [-0.2, 0) is 83.2 Å². The predicted molar refractivity (Wildman–Crippen MR) is 284 cm³/mol. The van der Waals surface area contributed by atoms with Crippen molar-refractivity contribution in [3.05, 3.63) is 89.2 Å². The summed E-state index contributed by atoms with van der Waals surface area (Å²) in [5, 5.41) is 4.36. The van der Waals surface area contributed by atoms with E-state index in [9.17, 15) is 38.4 Å². The van der Waals surface area contributed by atoms with Gasteiger partial charge in [0.15, 0.2) is 24.4 Å². The smallest absolute Gasteiger partial charge is 0.329 e. The van der Waals surface area contributed by atoms with E-state index >= 15 is 0 Å². The molecule has 1 aromatic heterocycles. The van der Waals surface area contributed by atoms with E-state index < -0.39 is 96.1 Å². The number of hydrogen-bond donors (Lipinski definition) is 1. The van der Waals surface area contributed by atoms with Crippen molar-refractivity contribution in [3.63, 3.8) is 0 Å². The number of aromatic nitrogens is 2. The largest absolute Gasteiger partial charge is 0.451 e. The lowest BCUT2D eigenvalue weighted by atomic mass is 9.99. The van der Waals surface area contributed by atoms with Gasteiger partial charge in [-0.3, -0.25) is 23.9 Å². The van der Waals surface area contributed by atoms with Crippen LogP contribution in [0.25, 0.3) is 0 Å². The molecule has 0 unspecified atom stereocenters. The molecule has 1 aliphatic heterocycles. The first-order chi connectivity index (χ1) is 35.7. The van der Waals surface area contributed by atoms with Gasteiger partial charge in [-0.15, -0.1) is 0 Å². The second-order valence-corrected chi connectivity index (χ2v) is 21.8. The molecule has 3 aromatic rings. The van der Waals surface area contributed by atoms with Crippen molar-refractivity contribution in [3.8, 4) is 0 Å². The van der Waals surface area contributed by atoms with Crippen molar-refractivity contribution < 1.29 is 57.3 Å². The Morgan fingerprint density at radius 2 is 0.789 bits per heavy atom. The molecular formula is C57H83N7O12. The predicted octanol–water partition coefficient (Wildman–Crippen LogP) is 5.37. The Labute approximate surface area is 449 Å². The number of likely N-dealkylation sites (N-methyl/N-ethyl adjacent to an activating group) is 4. The van der Waals surface area contributed by atoms with Gasteiger partial charge in [0, 0.05) is 59.3 Å². The molecule has 2 N–H and O–H groups in total. The van der Waals surface area contributed by atoms with Gasteiger partial charge >= 0.3 is 23.9 Å². The minimum Gasteiger partial charge on any atom is -0.451 e. The number of nitrogens with two attached hydrogens (primary N) is 1. The van der Waals surface area contributed by atoms with Crippen LogP contribution in [0.5, 0.6) is 0 Å². The minimum absolute atomic E-state index is 0.0852. The second-order valence-electron chi connectivity index (χ2n) is 21.8. The Bertz CT molecular complexity index is 2420. The first-order valence-corrected chi connectivity index (χ1v) is 26.4. The molecule has 418 valence electrons. The molecule has 2 heterocycles. The van der Waals surface area contributed by atoms with Crippen LogP contribution < -0.4 is 5.73 Å². The first-order valence-electron chi connectivity index (χ1n) is 26.4. The van der Waals surface area contributed by atoms with Gasteiger partial charge in [0.25, 0.3) is 23.6 Å². The van der Waals surface area contributed by atoms with E-state index in [2.05, 4.69) is 5.10 Å². The molecule has 0 bridgehead atoms. The van der Waals surface area contributed by atoms with Gasteiger partial charge in [-0.05, 0) is 79.9 Å². The molecule has 0 saturated carbocycles. The van der Waals surface area contributed by atoms with Crippen LogP contribution in [0, 0.1) is 23.7 Å². The van der Waals surface area contributed by atoms with E-state index in [1.54, 1.807) is 53.3 Å². The molecule has 1 aliphatic rings. The van der Waals surface area contributed by atoms with Gasteiger partial charge < -0.3 is 44.3 Å². The van der Waals surface area contributed by atoms with E-state index in [0.717, 1.165) is 30.7 Å². The van der Waals surface area contributed by atoms with Crippen LogP contribution in [0.2, 0.25) is 0 Å². The average Bonchev–Trinajstić information content (AvgIpc) is 3.83. The van der Waals surface area contributed by atoms with E-state index in [1.165, 1.54) is 42.0 Å². The number of rotatable bonds is 15. The molecular weight excluding hydrogens is 975 g/mol. The van der Waals surface area contributed by atoms with Gasteiger partial charge in [0.1, 0.15) is 24.2 Å². The highest BCUT2D eigenvalue weighted by Crippen LogP contribution is 2.24. The van der Waals surface area contributed by atoms with E-state index in [0.29, 0.717) is 24.2 Å². The first kappa shape index (κ1) is 61.9. The molecule has 0 radical (unpaired) electrons. The van der Waals surface area contributed by atoms with Gasteiger partial charge in [-0.1, -0.05) is 110 Å². The van der Waals surface area contributed by atoms with Gasteiger partial charge in [-0.2, -0.15) is 5.10 Å². The van der Waals surface area contributed by atoms with Crippen LogP contribution >= 0.6 is 0 Å². The SMILES string of the molecule is CC(C)C[C@H]1C(=O)O[C@H](Cc2ccc(Cn3cc(CN)cn3)cc2)C(=O)N(C)[C@@H](CC(C)C)C(=O)O[C@H](C)C(=O)N(C)[C@@H](CC(C)C)C(=O)O[C@H](Cc2ccccc2)C(=O)N(C)[C@@H](CC(C)C)C(=O)O[C@H](C)C(=O)N1C. The van der Waals surface area contributed by atoms with Crippen molar-refractivity contribution in [1.82, 2.24) is 29.4 Å². The Balaban J connectivity index is 1.85. The lowest BCUT2D eigenvalue weighted by Gasteiger charge is -2.35. The summed E-state index contributed by atoms with van der Waals surface area (Å²) in [5.74, 6) is -7.34. The zero-order chi connectivity index (χ0) is 56.7. The zero-order valence-corrected chi connectivity index (χ0v) is 47.1. The maximum absolute atomic E-state index is 14.9. The van der Waals surface area contributed by atoms with Crippen LogP contribution in [0.1, 0.15) is 117 Å². The van der Waals surface area contributed by atoms with Crippen molar-refractivity contribution >= 4 is 47.5 Å². The van der Waals surface area contributed by atoms with E-state index in [4.69, 9.17) is 24.7 Å². The fraction of sp³-hybridized carbons (Fsp3) is 0.596. The minimum atomic E-state index is -1.54. The maximum Gasteiger partial charge on any atom is 0.329 e. The van der Waals surface area contributed by atoms with E-state index in [1.807, 2.05) is 73.7 Å². The van der Waals surface area contributed by atoms with Crippen molar-refractivity contribution in [2.45, 2.75) is 169 Å². The molecule has 0 aliphatic carbocycles. The number of ether oxygens (including phenoxy) is 4. The molecule has 1 saturated heterocycles. The Kier molecular flexibility index (Phi) is 23.2. The van der Waals surface area contributed by atoms with Gasteiger partial charge in [0.2, 0.25) is 0 Å². The third-order valence-corrected chi connectivity index (χ3v) is 13.5. The quantitative estimate of drug-likeness (QED) is 0.149. The molecule has 19 heteroatoms. The molecule has 2 aromatic carbocycles.